The maximum Gasteiger partial charge on any atom is 0.352 e. The van der Waals surface area contributed by atoms with Crippen LogP contribution in [0.3, 0.4) is 0 Å². The number of hydrogen-bond donors (Lipinski definition) is 2. The number of rotatable bonds is 4. The second-order valence-electron chi connectivity index (χ2n) is 2.38. The lowest BCUT2D eigenvalue weighted by molar-refractivity contribution is -0.134. The zero-order valence-corrected chi connectivity index (χ0v) is 8.15. The number of nitrogens with one attached hydrogen (secondary N) is 1. The molecule has 0 rings (SSSR count). The number of hydrogen-bond acceptors (Lipinski definition) is 2. The summed E-state index contributed by atoms with van der Waals surface area (Å²) in [7, 11) is 0. The molecule has 0 heterocycles. The Morgan fingerprint density at radius 3 is 2.29 bits per heavy atom. The molecule has 0 aliphatic rings. The van der Waals surface area contributed by atoms with Crippen molar-refractivity contribution >= 4 is 11.9 Å². The van der Waals surface area contributed by atoms with Gasteiger partial charge in [-0.05, 0) is 13.8 Å². The Morgan fingerprint density at radius 2 is 1.86 bits per heavy atom. The summed E-state index contributed by atoms with van der Waals surface area (Å²) in [5, 5.41) is 10.8. The third-order valence-corrected chi connectivity index (χ3v) is 1.33. The molecular weight excluding hydrogens is 182 g/mol. The number of allylic oxidation sites excluding steroid dienone is 4. The summed E-state index contributed by atoms with van der Waals surface area (Å²) in [5.41, 5.74) is -0.125. The fourth-order valence-electron chi connectivity index (χ4n) is 0.678. The van der Waals surface area contributed by atoms with Crippen LogP contribution in [0.15, 0.2) is 36.1 Å². The fourth-order valence-corrected chi connectivity index (χ4v) is 0.678. The molecule has 4 nitrogen and oxygen atoms in total. The van der Waals surface area contributed by atoms with Crippen molar-refractivity contribution in [2.75, 3.05) is 0 Å². The van der Waals surface area contributed by atoms with E-state index in [1.165, 1.54) is 18.2 Å². The Morgan fingerprint density at radius 1 is 1.21 bits per heavy atom. The van der Waals surface area contributed by atoms with Gasteiger partial charge in [0.25, 0.3) is 0 Å². The molecule has 4 heteroatoms. The summed E-state index contributed by atoms with van der Waals surface area (Å²) in [5.74, 6) is -1.61. The lowest BCUT2D eigenvalue weighted by Crippen LogP contribution is -2.25. The molecule has 0 atom stereocenters. The van der Waals surface area contributed by atoms with Gasteiger partial charge in [-0.1, -0.05) is 24.3 Å². The first kappa shape index (κ1) is 12.2. The summed E-state index contributed by atoms with van der Waals surface area (Å²) in [6, 6.07) is 0. The molecule has 0 unspecified atom stereocenters. The molecule has 0 aromatic heterocycles. The van der Waals surface area contributed by atoms with Gasteiger partial charge in [-0.2, -0.15) is 0 Å². The Labute approximate surface area is 82.6 Å². The number of amides is 1. The van der Waals surface area contributed by atoms with Gasteiger partial charge in [0, 0.05) is 6.08 Å². The van der Waals surface area contributed by atoms with Crippen molar-refractivity contribution in [3.63, 3.8) is 0 Å². The first-order valence-corrected chi connectivity index (χ1v) is 4.11. The smallest absolute Gasteiger partial charge is 0.352 e. The van der Waals surface area contributed by atoms with Crippen LogP contribution < -0.4 is 5.32 Å². The number of carboxylic acid groups (broad SMARTS) is 1. The normalized spacial score (nSPS) is 12.3. The molecule has 2 N–H and O–H groups in total. The minimum Gasteiger partial charge on any atom is -0.477 e. The lowest BCUT2D eigenvalue weighted by Gasteiger charge is -2.00. The summed E-state index contributed by atoms with van der Waals surface area (Å²) in [6.45, 7) is 3.36. The Bertz CT molecular complexity index is 300. The van der Waals surface area contributed by atoms with E-state index in [1.807, 2.05) is 6.92 Å². The van der Waals surface area contributed by atoms with E-state index in [1.54, 1.807) is 19.1 Å². The van der Waals surface area contributed by atoms with Crippen LogP contribution in [0.25, 0.3) is 0 Å². The molecular formula is C10H13NO3. The van der Waals surface area contributed by atoms with E-state index < -0.39 is 11.9 Å². The third kappa shape index (κ3) is 4.92. The van der Waals surface area contributed by atoms with Gasteiger partial charge in [-0.15, -0.1) is 0 Å². The van der Waals surface area contributed by atoms with Crippen molar-refractivity contribution in [1.29, 1.82) is 0 Å². The van der Waals surface area contributed by atoms with Gasteiger partial charge in [0.2, 0.25) is 5.91 Å². The third-order valence-electron chi connectivity index (χ3n) is 1.33. The van der Waals surface area contributed by atoms with E-state index >= 15 is 0 Å². The first-order chi connectivity index (χ1) is 6.61. The van der Waals surface area contributed by atoms with E-state index in [-0.39, 0.29) is 5.70 Å². The summed E-state index contributed by atoms with van der Waals surface area (Å²) in [6.07, 6.45) is 7.55. The monoisotopic (exact) mass is 195 g/mol. The highest BCUT2D eigenvalue weighted by Crippen LogP contribution is 1.89. The fraction of sp³-hybridized carbons (Fsp3) is 0.200. The zero-order valence-electron chi connectivity index (χ0n) is 8.15. The van der Waals surface area contributed by atoms with Gasteiger partial charge in [-0.3, -0.25) is 4.79 Å². The van der Waals surface area contributed by atoms with Gasteiger partial charge in [-0.25, -0.2) is 4.79 Å². The van der Waals surface area contributed by atoms with Gasteiger partial charge < -0.3 is 10.4 Å². The second kappa shape index (κ2) is 6.65. The minimum absolute atomic E-state index is 0.125. The molecule has 0 saturated heterocycles. The standard InChI is InChI=1S/C10H13NO3/c1-3-5-6-7-9(12)11-8(4-2)10(13)14/h3-7H,1-2H3,(H,11,12)(H,13,14)/b5-3+,7-6+,8-4-. The molecule has 0 bridgehead atoms. The molecule has 14 heavy (non-hydrogen) atoms. The Kier molecular flexibility index (Phi) is 5.78. The van der Waals surface area contributed by atoms with Crippen molar-refractivity contribution in [3.8, 4) is 0 Å². The van der Waals surface area contributed by atoms with E-state index in [2.05, 4.69) is 5.32 Å². The minimum atomic E-state index is -1.15. The molecule has 0 aromatic carbocycles. The molecule has 76 valence electrons. The van der Waals surface area contributed by atoms with Crippen LogP contribution in [0.2, 0.25) is 0 Å². The van der Waals surface area contributed by atoms with Crippen molar-refractivity contribution in [3.05, 3.63) is 36.1 Å². The second-order valence-corrected chi connectivity index (χ2v) is 2.38. The van der Waals surface area contributed by atoms with Crippen LogP contribution in [-0.4, -0.2) is 17.0 Å². The molecule has 0 saturated carbocycles. The molecule has 1 amide bonds. The average molecular weight is 195 g/mol. The molecule has 0 aromatic rings. The SMILES string of the molecule is C/C=C(\NC(=O)/C=C/C=C/C)C(=O)O. The van der Waals surface area contributed by atoms with E-state index in [9.17, 15) is 9.59 Å². The first-order valence-electron chi connectivity index (χ1n) is 4.11. The van der Waals surface area contributed by atoms with Crippen molar-refractivity contribution in [1.82, 2.24) is 5.32 Å². The number of carboxylic acids is 1. The molecule has 0 spiro atoms. The maximum absolute atomic E-state index is 11.1. The predicted molar refractivity (Wildman–Crippen MR) is 53.5 cm³/mol. The van der Waals surface area contributed by atoms with Crippen molar-refractivity contribution in [2.24, 2.45) is 0 Å². The van der Waals surface area contributed by atoms with Crippen LogP contribution in [0.4, 0.5) is 0 Å². The summed E-state index contributed by atoms with van der Waals surface area (Å²) in [4.78, 5) is 21.5. The topological polar surface area (TPSA) is 66.4 Å². The summed E-state index contributed by atoms with van der Waals surface area (Å²) < 4.78 is 0. The van der Waals surface area contributed by atoms with E-state index in [0.29, 0.717) is 0 Å². The quantitative estimate of drug-likeness (QED) is 0.523. The summed E-state index contributed by atoms with van der Waals surface area (Å²) >= 11 is 0. The van der Waals surface area contributed by atoms with Crippen LogP contribution in [0.5, 0.6) is 0 Å². The van der Waals surface area contributed by atoms with E-state index in [0.717, 1.165) is 0 Å². The van der Waals surface area contributed by atoms with Gasteiger partial charge >= 0.3 is 5.97 Å². The molecule has 0 aliphatic heterocycles. The van der Waals surface area contributed by atoms with Crippen LogP contribution >= 0.6 is 0 Å². The highest BCUT2D eigenvalue weighted by Gasteiger charge is 2.06. The highest BCUT2D eigenvalue weighted by atomic mass is 16.4. The van der Waals surface area contributed by atoms with Gasteiger partial charge in [0.05, 0.1) is 0 Å². The van der Waals surface area contributed by atoms with Crippen LogP contribution in [0.1, 0.15) is 13.8 Å². The van der Waals surface area contributed by atoms with Crippen molar-refractivity contribution < 1.29 is 14.7 Å². The average Bonchev–Trinajstić information content (AvgIpc) is 2.14. The largest absolute Gasteiger partial charge is 0.477 e. The van der Waals surface area contributed by atoms with Crippen molar-refractivity contribution in [2.45, 2.75) is 13.8 Å². The van der Waals surface area contributed by atoms with Gasteiger partial charge in [0.1, 0.15) is 5.70 Å². The number of carbonyl (C=O) groups is 2. The molecule has 0 aliphatic carbocycles. The number of carbonyl (C=O) groups excluding carboxylic acids is 1. The lowest BCUT2D eigenvalue weighted by atomic mass is 10.3. The van der Waals surface area contributed by atoms with Gasteiger partial charge in [0.15, 0.2) is 0 Å². The Hall–Kier alpha value is -1.84. The predicted octanol–water partition coefficient (Wildman–Crippen LogP) is 1.22. The molecule has 0 radical (unpaired) electrons. The van der Waals surface area contributed by atoms with Crippen LogP contribution in [-0.2, 0) is 9.59 Å². The maximum atomic E-state index is 11.1. The number of aliphatic carboxylic acids is 1. The Balaban J connectivity index is 4.25. The van der Waals surface area contributed by atoms with Crippen LogP contribution in [0, 0.1) is 0 Å². The van der Waals surface area contributed by atoms with E-state index in [4.69, 9.17) is 5.11 Å². The molecule has 0 fully saturated rings. The zero-order chi connectivity index (χ0) is 11.0. The highest BCUT2D eigenvalue weighted by molar-refractivity contribution is 5.96.